The molecule has 9 nitrogen and oxygen atoms in total. The molecule has 4 rings (SSSR count). The molecule has 1 aromatic heterocycles. The number of alkyl carbamates (subject to hydrolysis) is 1. The van der Waals surface area contributed by atoms with Gasteiger partial charge in [0.2, 0.25) is 5.91 Å². The van der Waals surface area contributed by atoms with Crippen molar-refractivity contribution in [2.45, 2.75) is 38.1 Å². The first-order valence-electron chi connectivity index (χ1n) is 11.6. The number of carboxylic acid groups (broad SMARTS) is 1. The molecular weight excluding hydrogens is 448 g/mol. The Hall–Kier alpha value is -4.14. The smallest absolute Gasteiger partial charge is 0.407 e. The van der Waals surface area contributed by atoms with E-state index in [1.807, 2.05) is 31.2 Å². The molecular formula is C26H28N4O5. The van der Waals surface area contributed by atoms with E-state index in [0.717, 1.165) is 22.3 Å². The standard InChI is InChI=1S/C26H28N4O5/c1-3-16(12-13-23(31)28-22-14-30(2)29-24(22)25(32)33)27-26(34)35-15-21-19-10-6-4-8-17(19)18-9-5-7-11-20(18)21/h4-11,14,16,21H,3,12-13,15H2,1-2H3,(H,27,34)(H,28,31)(H,32,33). The Morgan fingerprint density at radius 1 is 1.09 bits per heavy atom. The van der Waals surface area contributed by atoms with Gasteiger partial charge in [-0.2, -0.15) is 5.10 Å². The SMILES string of the molecule is CCC(CCC(=O)Nc1cn(C)nc1C(=O)O)NC(=O)OCC1c2ccccc2-c2ccccc21. The fourth-order valence-electron chi connectivity index (χ4n) is 4.44. The zero-order valence-corrected chi connectivity index (χ0v) is 19.7. The van der Waals surface area contributed by atoms with Crippen molar-refractivity contribution in [2.75, 3.05) is 11.9 Å². The number of amides is 2. The maximum atomic E-state index is 12.5. The van der Waals surface area contributed by atoms with Crippen LogP contribution in [0.5, 0.6) is 0 Å². The first kappa shape index (κ1) is 24.0. The zero-order valence-electron chi connectivity index (χ0n) is 19.7. The second kappa shape index (κ2) is 10.4. The quantitative estimate of drug-likeness (QED) is 0.426. The van der Waals surface area contributed by atoms with E-state index in [4.69, 9.17) is 4.74 Å². The van der Waals surface area contributed by atoms with Crippen LogP contribution in [0.2, 0.25) is 0 Å². The van der Waals surface area contributed by atoms with Crippen molar-refractivity contribution in [3.8, 4) is 11.1 Å². The summed E-state index contributed by atoms with van der Waals surface area (Å²) >= 11 is 0. The molecule has 3 aromatic rings. The Morgan fingerprint density at radius 2 is 1.71 bits per heavy atom. The highest BCUT2D eigenvalue weighted by atomic mass is 16.5. The Labute approximate surface area is 203 Å². The summed E-state index contributed by atoms with van der Waals surface area (Å²) in [5.41, 5.74) is 4.53. The largest absolute Gasteiger partial charge is 0.476 e. The number of nitrogens with zero attached hydrogens (tertiary/aromatic N) is 2. The van der Waals surface area contributed by atoms with Crippen molar-refractivity contribution in [3.05, 3.63) is 71.5 Å². The predicted molar refractivity (Wildman–Crippen MR) is 130 cm³/mol. The second-order valence-corrected chi connectivity index (χ2v) is 8.53. The van der Waals surface area contributed by atoms with Crippen LogP contribution in [0.3, 0.4) is 0 Å². The summed E-state index contributed by atoms with van der Waals surface area (Å²) in [6, 6.07) is 16.0. The van der Waals surface area contributed by atoms with Crippen LogP contribution in [0.1, 0.15) is 53.7 Å². The van der Waals surface area contributed by atoms with E-state index in [9.17, 15) is 19.5 Å². The van der Waals surface area contributed by atoms with Crippen LogP contribution in [0.25, 0.3) is 11.1 Å². The summed E-state index contributed by atoms with van der Waals surface area (Å²) in [6.07, 6.45) is 2.02. The van der Waals surface area contributed by atoms with Crippen LogP contribution in [-0.2, 0) is 16.6 Å². The molecule has 0 radical (unpaired) electrons. The van der Waals surface area contributed by atoms with E-state index in [2.05, 4.69) is 40.0 Å². The van der Waals surface area contributed by atoms with Crippen LogP contribution in [-0.4, -0.2) is 45.5 Å². The van der Waals surface area contributed by atoms with Gasteiger partial charge in [0.15, 0.2) is 5.69 Å². The maximum absolute atomic E-state index is 12.5. The summed E-state index contributed by atoms with van der Waals surface area (Å²) in [6.45, 7) is 2.13. The molecule has 1 heterocycles. The first-order chi connectivity index (χ1) is 16.9. The Kier molecular flexibility index (Phi) is 7.14. The van der Waals surface area contributed by atoms with Gasteiger partial charge in [-0.25, -0.2) is 9.59 Å². The average Bonchev–Trinajstić information content (AvgIpc) is 3.37. The number of fused-ring (bicyclic) bond motifs is 3. The van der Waals surface area contributed by atoms with Crippen LogP contribution in [0.4, 0.5) is 10.5 Å². The van der Waals surface area contributed by atoms with Crippen LogP contribution in [0, 0.1) is 0 Å². The fourth-order valence-corrected chi connectivity index (χ4v) is 4.44. The molecule has 0 bridgehead atoms. The number of aryl methyl sites for hydroxylation is 1. The van der Waals surface area contributed by atoms with Gasteiger partial charge < -0.3 is 20.5 Å². The highest BCUT2D eigenvalue weighted by Crippen LogP contribution is 2.44. The molecule has 0 aliphatic heterocycles. The van der Waals surface area contributed by atoms with Gasteiger partial charge in [0.05, 0.1) is 5.69 Å². The highest BCUT2D eigenvalue weighted by molar-refractivity contribution is 5.99. The predicted octanol–water partition coefficient (Wildman–Crippen LogP) is 4.15. The van der Waals surface area contributed by atoms with Crippen LogP contribution < -0.4 is 10.6 Å². The molecule has 1 unspecified atom stereocenters. The number of aromatic nitrogens is 2. The van der Waals surface area contributed by atoms with Gasteiger partial charge in [0, 0.05) is 31.6 Å². The maximum Gasteiger partial charge on any atom is 0.407 e. The third-order valence-electron chi connectivity index (χ3n) is 6.18. The Bertz CT molecular complexity index is 1210. The molecule has 0 spiro atoms. The number of hydrogen-bond donors (Lipinski definition) is 3. The lowest BCUT2D eigenvalue weighted by atomic mass is 9.98. The number of anilines is 1. The number of carboxylic acids is 1. The minimum absolute atomic E-state index is 0.0260. The summed E-state index contributed by atoms with van der Waals surface area (Å²) in [5, 5.41) is 18.4. The number of ether oxygens (including phenoxy) is 1. The number of benzene rings is 2. The summed E-state index contributed by atoms with van der Waals surface area (Å²) in [5.74, 6) is -1.60. The number of carbonyl (C=O) groups excluding carboxylic acids is 2. The third-order valence-corrected chi connectivity index (χ3v) is 6.18. The lowest BCUT2D eigenvalue weighted by Crippen LogP contribution is -2.36. The molecule has 9 heteroatoms. The molecule has 1 atom stereocenters. The number of carbonyl (C=O) groups is 3. The Morgan fingerprint density at radius 3 is 2.31 bits per heavy atom. The van der Waals surface area contributed by atoms with E-state index in [0.29, 0.717) is 12.8 Å². The van der Waals surface area contributed by atoms with Crippen LogP contribution in [0.15, 0.2) is 54.7 Å². The van der Waals surface area contributed by atoms with Gasteiger partial charge in [-0.3, -0.25) is 9.48 Å². The van der Waals surface area contributed by atoms with Crippen LogP contribution >= 0.6 is 0 Å². The van der Waals surface area contributed by atoms with E-state index in [1.54, 1.807) is 7.05 Å². The van der Waals surface area contributed by atoms with E-state index >= 15 is 0 Å². The molecule has 3 N–H and O–H groups in total. The summed E-state index contributed by atoms with van der Waals surface area (Å²) < 4.78 is 6.92. The average molecular weight is 477 g/mol. The van der Waals surface area contributed by atoms with Crippen molar-refractivity contribution >= 4 is 23.7 Å². The molecule has 1 aliphatic rings. The Balaban J connectivity index is 1.29. The lowest BCUT2D eigenvalue weighted by molar-refractivity contribution is -0.116. The number of nitrogens with one attached hydrogen (secondary N) is 2. The third kappa shape index (κ3) is 5.34. The molecule has 182 valence electrons. The minimum Gasteiger partial charge on any atom is -0.476 e. The second-order valence-electron chi connectivity index (χ2n) is 8.53. The van der Waals surface area contributed by atoms with Crippen molar-refractivity contribution in [2.24, 2.45) is 7.05 Å². The topological polar surface area (TPSA) is 123 Å². The monoisotopic (exact) mass is 476 g/mol. The van der Waals surface area contributed by atoms with E-state index < -0.39 is 12.1 Å². The first-order valence-corrected chi connectivity index (χ1v) is 11.6. The number of hydrogen-bond acceptors (Lipinski definition) is 5. The molecule has 1 aliphatic carbocycles. The van der Waals surface area contributed by atoms with Crippen molar-refractivity contribution < 1.29 is 24.2 Å². The fraction of sp³-hybridized carbons (Fsp3) is 0.308. The van der Waals surface area contributed by atoms with Crippen molar-refractivity contribution in [3.63, 3.8) is 0 Å². The van der Waals surface area contributed by atoms with E-state index in [-0.39, 0.29) is 42.3 Å². The number of rotatable bonds is 9. The van der Waals surface area contributed by atoms with Gasteiger partial charge in [-0.05, 0) is 35.1 Å². The van der Waals surface area contributed by atoms with E-state index in [1.165, 1.54) is 10.9 Å². The zero-order chi connectivity index (χ0) is 24.9. The van der Waals surface area contributed by atoms with Crippen molar-refractivity contribution in [1.29, 1.82) is 0 Å². The minimum atomic E-state index is -1.22. The summed E-state index contributed by atoms with van der Waals surface area (Å²) in [7, 11) is 1.58. The van der Waals surface area contributed by atoms with Gasteiger partial charge in [-0.1, -0.05) is 55.5 Å². The van der Waals surface area contributed by atoms with Gasteiger partial charge in [0.1, 0.15) is 6.61 Å². The highest BCUT2D eigenvalue weighted by Gasteiger charge is 2.29. The summed E-state index contributed by atoms with van der Waals surface area (Å²) in [4.78, 5) is 36.1. The molecule has 2 amide bonds. The van der Waals surface area contributed by atoms with Gasteiger partial charge >= 0.3 is 12.1 Å². The molecule has 0 saturated heterocycles. The normalized spacial score (nSPS) is 13.0. The van der Waals surface area contributed by atoms with Gasteiger partial charge in [0.25, 0.3) is 0 Å². The lowest BCUT2D eigenvalue weighted by Gasteiger charge is -2.19. The molecule has 0 saturated carbocycles. The molecule has 0 fully saturated rings. The van der Waals surface area contributed by atoms with Crippen molar-refractivity contribution in [1.82, 2.24) is 15.1 Å². The molecule has 2 aromatic carbocycles. The molecule has 35 heavy (non-hydrogen) atoms. The van der Waals surface area contributed by atoms with Gasteiger partial charge in [-0.15, -0.1) is 0 Å². The number of aromatic carboxylic acids is 1.